The van der Waals surface area contributed by atoms with Gasteiger partial charge in [0, 0.05) is 12.1 Å². The number of nitrogens with one attached hydrogen (secondary N) is 1. The third-order valence-corrected chi connectivity index (χ3v) is 3.20. The van der Waals surface area contributed by atoms with Crippen LogP contribution in [-0.4, -0.2) is 12.5 Å². The number of rotatable bonds is 6. The van der Waals surface area contributed by atoms with Crippen molar-refractivity contribution >= 4 is 11.6 Å². The van der Waals surface area contributed by atoms with Gasteiger partial charge in [0.15, 0.2) is 0 Å². The number of hydrogen-bond donors (Lipinski definition) is 2. The van der Waals surface area contributed by atoms with Gasteiger partial charge in [-0.25, -0.2) is 0 Å². The van der Waals surface area contributed by atoms with E-state index >= 15 is 0 Å². The maximum absolute atomic E-state index is 11.8. The fourth-order valence-electron chi connectivity index (χ4n) is 2.09. The smallest absolute Gasteiger partial charge is 0.224 e. The molecule has 0 aliphatic carbocycles. The first-order valence-electron chi connectivity index (χ1n) is 6.63. The van der Waals surface area contributed by atoms with Crippen molar-refractivity contribution in [2.75, 3.05) is 11.9 Å². The highest BCUT2D eigenvalue weighted by atomic mass is 16.1. The summed E-state index contributed by atoms with van der Waals surface area (Å²) in [6.07, 6.45) is 2.44. The van der Waals surface area contributed by atoms with Crippen molar-refractivity contribution in [2.45, 2.75) is 40.0 Å². The first kappa shape index (κ1) is 14.7. The van der Waals surface area contributed by atoms with Crippen molar-refractivity contribution in [3.63, 3.8) is 0 Å². The number of carbonyl (C=O) groups excluding carboxylic acids is 1. The average Bonchev–Trinajstić information content (AvgIpc) is 2.28. The van der Waals surface area contributed by atoms with E-state index in [1.54, 1.807) is 0 Å². The van der Waals surface area contributed by atoms with Crippen molar-refractivity contribution in [1.82, 2.24) is 0 Å². The predicted molar refractivity (Wildman–Crippen MR) is 76.6 cm³/mol. The second kappa shape index (κ2) is 7.17. The van der Waals surface area contributed by atoms with Crippen LogP contribution >= 0.6 is 0 Å². The van der Waals surface area contributed by atoms with Crippen molar-refractivity contribution in [2.24, 2.45) is 11.7 Å². The molecule has 100 valence electrons. The van der Waals surface area contributed by atoms with Gasteiger partial charge in [-0.05, 0) is 56.0 Å². The van der Waals surface area contributed by atoms with Gasteiger partial charge in [0.1, 0.15) is 0 Å². The zero-order valence-corrected chi connectivity index (χ0v) is 11.6. The van der Waals surface area contributed by atoms with E-state index in [1.165, 1.54) is 11.1 Å². The van der Waals surface area contributed by atoms with Crippen LogP contribution in [0.5, 0.6) is 0 Å². The summed E-state index contributed by atoms with van der Waals surface area (Å²) in [5, 5.41) is 2.95. The van der Waals surface area contributed by atoms with E-state index < -0.39 is 0 Å². The third kappa shape index (κ3) is 4.88. The quantitative estimate of drug-likeness (QED) is 0.813. The topological polar surface area (TPSA) is 55.1 Å². The number of benzene rings is 1. The van der Waals surface area contributed by atoms with Crippen molar-refractivity contribution < 1.29 is 4.79 Å². The highest BCUT2D eigenvalue weighted by Crippen LogP contribution is 2.15. The predicted octanol–water partition coefficient (Wildman–Crippen LogP) is 3.01. The minimum atomic E-state index is 0.0758. The molecule has 18 heavy (non-hydrogen) atoms. The van der Waals surface area contributed by atoms with Gasteiger partial charge in [0.05, 0.1) is 0 Å². The first-order valence-corrected chi connectivity index (χ1v) is 6.63. The normalized spacial score (nSPS) is 12.2. The summed E-state index contributed by atoms with van der Waals surface area (Å²) < 4.78 is 0. The second-order valence-corrected chi connectivity index (χ2v) is 4.97. The van der Waals surface area contributed by atoms with Gasteiger partial charge >= 0.3 is 0 Å². The molecule has 0 aromatic heterocycles. The Bertz CT molecular complexity index is 377. The lowest BCUT2D eigenvalue weighted by Crippen LogP contribution is -2.18. The van der Waals surface area contributed by atoms with Crippen LogP contribution in [0.15, 0.2) is 18.2 Å². The van der Waals surface area contributed by atoms with Gasteiger partial charge in [0.25, 0.3) is 0 Å². The van der Waals surface area contributed by atoms with Crippen LogP contribution < -0.4 is 11.1 Å². The lowest BCUT2D eigenvalue weighted by molar-refractivity contribution is -0.116. The molecule has 0 fully saturated rings. The summed E-state index contributed by atoms with van der Waals surface area (Å²) in [7, 11) is 0. The van der Waals surface area contributed by atoms with Gasteiger partial charge in [-0.2, -0.15) is 0 Å². The van der Waals surface area contributed by atoms with Gasteiger partial charge in [0.2, 0.25) is 5.91 Å². The summed E-state index contributed by atoms with van der Waals surface area (Å²) in [6, 6.07) is 6.08. The fraction of sp³-hybridized carbons (Fsp3) is 0.533. The molecule has 0 saturated carbocycles. The molecule has 3 nitrogen and oxygen atoms in total. The molecule has 0 saturated heterocycles. The second-order valence-electron chi connectivity index (χ2n) is 4.97. The van der Waals surface area contributed by atoms with E-state index in [1.807, 2.05) is 26.0 Å². The molecule has 1 atom stereocenters. The monoisotopic (exact) mass is 248 g/mol. The molecule has 3 N–H and O–H groups in total. The number of anilines is 1. The Morgan fingerprint density at radius 1 is 1.28 bits per heavy atom. The Morgan fingerprint density at radius 3 is 2.39 bits per heavy atom. The van der Waals surface area contributed by atoms with E-state index in [4.69, 9.17) is 5.73 Å². The van der Waals surface area contributed by atoms with Gasteiger partial charge in [-0.3, -0.25) is 4.79 Å². The van der Waals surface area contributed by atoms with Gasteiger partial charge < -0.3 is 11.1 Å². The summed E-state index contributed by atoms with van der Waals surface area (Å²) in [6.45, 7) is 6.83. The highest BCUT2D eigenvalue weighted by Gasteiger charge is 2.08. The summed E-state index contributed by atoms with van der Waals surface area (Å²) in [5.41, 5.74) is 8.85. The fourth-order valence-corrected chi connectivity index (χ4v) is 2.09. The first-order chi connectivity index (χ1) is 8.55. The van der Waals surface area contributed by atoms with Crippen molar-refractivity contribution in [3.8, 4) is 0 Å². The number of carbonyl (C=O) groups is 1. The van der Waals surface area contributed by atoms with E-state index in [0.717, 1.165) is 18.5 Å². The molecule has 1 unspecified atom stereocenters. The molecule has 1 amide bonds. The molecule has 0 spiro atoms. The van der Waals surface area contributed by atoms with Crippen LogP contribution in [0.1, 0.15) is 37.3 Å². The molecular formula is C15H24N2O. The van der Waals surface area contributed by atoms with Crippen molar-refractivity contribution in [3.05, 3.63) is 29.3 Å². The third-order valence-electron chi connectivity index (χ3n) is 3.20. The molecule has 0 bridgehead atoms. The molecule has 1 aromatic rings. The standard InChI is InChI=1S/C15H24N2O/c1-4-13(10-16)5-6-15(18)17-14-8-11(2)7-12(3)9-14/h7-9,13H,4-6,10,16H2,1-3H3,(H,17,18). The maximum Gasteiger partial charge on any atom is 0.224 e. The number of nitrogens with two attached hydrogens (primary N) is 1. The van der Waals surface area contributed by atoms with Crippen molar-refractivity contribution in [1.29, 1.82) is 0 Å². The van der Waals surface area contributed by atoms with E-state index in [-0.39, 0.29) is 5.91 Å². The number of amides is 1. The highest BCUT2D eigenvalue weighted by molar-refractivity contribution is 5.90. The Balaban J connectivity index is 2.49. The Kier molecular flexibility index (Phi) is 5.86. The molecule has 0 heterocycles. The van der Waals surface area contributed by atoms with Crippen LogP contribution in [0.2, 0.25) is 0 Å². The van der Waals surface area contributed by atoms with E-state index in [0.29, 0.717) is 18.9 Å². The Labute approximate surface area is 110 Å². The molecule has 0 radical (unpaired) electrons. The maximum atomic E-state index is 11.8. The molecule has 0 aliphatic heterocycles. The summed E-state index contributed by atoms with van der Waals surface area (Å²) in [5.74, 6) is 0.530. The van der Waals surface area contributed by atoms with Crippen LogP contribution in [0, 0.1) is 19.8 Å². The van der Waals surface area contributed by atoms with Crippen LogP contribution in [0.4, 0.5) is 5.69 Å². The lowest BCUT2D eigenvalue weighted by Gasteiger charge is -2.12. The molecule has 3 heteroatoms. The zero-order chi connectivity index (χ0) is 13.5. The SMILES string of the molecule is CCC(CN)CCC(=O)Nc1cc(C)cc(C)c1. The number of hydrogen-bond acceptors (Lipinski definition) is 2. The van der Waals surface area contributed by atoms with E-state index in [9.17, 15) is 4.79 Å². The summed E-state index contributed by atoms with van der Waals surface area (Å²) in [4.78, 5) is 11.8. The zero-order valence-electron chi connectivity index (χ0n) is 11.6. The number of aryl methyl sites for hydroxylation is 2. The lowest BCUT2D eigenvalue weighted by atomic mass is 10.0. The van der Waals surface area contributed by atoms with Gasteiger partial charge in [-0.15, -0.1) is 0 Å². The molecule has 1 aromatic carbocycles. The Morgan fingerprint density at radius 2 is 1.89 bits per heavy atom. The summed E-state index contributed by atoms with van der Waals surface area (Å²) >= 11 is 0. The molecule has 1 rings (SSSR count). The van der Waals surface area contributed by atoms with Gasteiger partial charge in [-0.1, -0.05) is 19.4 Å². The minimum Gasteiger partial charge on any atom is -0.330 e. The van der Waals surface area contributed by atoms with Crippen LogP contribution in [0.3, 0.4) is 0 Å². The average molecular weight is 248 g/mol. The largest absolute Gasteiger partial charge is 0.330 e. The van der Waals surface area contributed by atoms with Crippen LogP contribution in [0.25, 0.3) is 0 Å². The minimum absolute atomic E-state index is 0.0758. The van der Waals surface area contributed by atoms with E-state index in [2.05, 4.69) is 18.3 Å². The Hall–Kier alpha value is -1.35. The molecule has 0 aliphatic rings. The van der Waals surface area contributed by atoms with Crippen LogP contribution in [-0.2, 0) is 4.79 Å². The molecular weight excluding hydrogens is 224 g/mol.